The number of hydrogen-bond acceptors (Lipinski definition) is 4. The number of halogens is 1. The van der Waals surface area contributed by atoms with Gasteiger partial charge in [0, 0.05) is 13.1 Å². The van der Waals surface area contributed by atoms with Crippen LogP contribution in [0.15, 0.2) is 12.1 Å². The van der Waals surface area contributed by atoms with Gasteiger partial charge in [-0.05, 0) is 24.6 Å². The minimum atomic E-state index is -0.393. The average molecular weight is 284 g/mol. The summed E-state index contributed by atoms with van der Waals surface area (Å²) in [5.41, 5.74) is 0.940. The van der Waals surface area contributed by atoms with Crippen molar-refractivity contribution in [2.45, 2.75) is 19.6 Å². The molecule has 0 bridgehead atoms. The first-order valence-corrected chi connectivity index (χ1v) is 6.27. The lowest BCUT2D eigenvalue weighted by Gasteiger charge is -2.13. The van der Waals surface area contributed by atoms with E-state index in [1.165, 1.54) is 0 Å². The van der Waals surface area contributed by atoms with Gasteiger partial charge in [-0.1, -0.05) is 17.5 Å². The van der Waals surface area contributed by atoms with Gasteiger partial charge in [0.15, 0.2) is 11.5 Å². The zero-order valence-corrected chi connectivity index (χ0v) is 11.8. The molecule has 0 aliphatic carbocycles. The molecule has 1 atom stereocenters. The van der Waals surface area contributed by atoms with Crippen LogP contribution in [0.5, 0.6) is 11.5 Å². The molecule has 19 heavy (non-hydrogen) atoms. The molecule has 0 aromatic heterocycles. The van der Waals surface area contributed by atoms with Crippen molar-refractivity contribution in [3.05, 3.63) is 22.7 Å². The molecule has 2 N–H and O–H groups in total. The Morgan fingerprint density at radius 2 is 2.26 bits per heavy atom. The molecule has 0 radical (unpaired) electrons. The van der Waals surface area contributed by atoms with E-state index < -0.39 is 6.10 Å². The highest BCUT2D eigenvalue weighted by molar-refractivity contribution is 6.32. The second-order valence-corrected chi connectivity index (χ2v) is 4.49. The number of ether oxygens (including phenoxy) is 2. The molecule has 0 amide bonds. The van der Waals surface area contributed by atoms with E-state index in [4.69, 9.17) is 27.5 Å². The lowest BCUT2D eigenvalue weighted by Crippen LogP contribution is -2.23. The fourth-order valence-electron chi connectivity index (χ4n) is 1.55. The topological polar surface area (TPSA) is 50.7 Å². The Morgan fingerprint density at radius 1 is 1.53 bits per heavy atom. The first-order valence-electron chi connectivity index (χ1n) is 5.90. The maximum absolute atomic E-state index is 9.17. The third-order valence-corrected chi connectivity index (χ3v) is 2.64. The number of aliphatic hydroxyl groups excluding tert-OH is 1. The van der Waals surface area contributed by atoms with Crippen molar-refractivity contribution in [3.63, 3.8) is 0 Å². The summed E-state index contributed by atoms with van der Waals surface area (Å²) in [6.45, 7) is 2.94. The SMILES string of the molecule is C#CCOc1c(Cl)cc(CNC[C@@H](C)O)cc1OC. The van der Waals surface area contributed by atoms with Gasteiger partial charge >= 0.3 is 0 Å². The van der Waals surface area contributed by atoms with E-state index >= 15 is 0 Å². The van der Waals surface area contributed by atoms with Crippen LogP contribution < -0.4 is 14.8 Å². The van der Waals surface area contributed by atoms with Crippen molar-refractivity contribution < 1.29 is 14.6 Å². The second-order valence-electron chi connectivity index (χ2n) is 4.08. The van der Waals surface area contributed by atoms with Crippen molar-refractivity contribution in [2.75, 3.05) is 20.3 Å². The van der Waals surface area contributed by atoms with E-state index in [9.17, 15) is 5.11 Å². The zero-order valence-electron chi connectivity index (χ0n) is 11.1. The first-order chi connectivity index (χ1) is 9.08. The molecule has 0 unspecified atom stereocenters. The lowest BCUT2D eigenvalue weighted by atomic mass is 10.2. The molecular formula is C14H18ClNO3. The molecule has 0 saturated heterocycles. The maximum atomic E-state index is 9.17. The number of benzene rings is 1. The van der Waals surface area contributed by atoms with Gasteiger partial charge in [-0.3, -0.25) is 0 Å². The van der Waals surface area contributed by atoms with Gasteiger partial charge in [0.1, 0.15) is 6.61 Å². The molecule has 1 aromatic rings. The van der Waals surface area contributed by atoms with E-state index in [-0.39, 0.29) is 6.61 Å². The first kappa shape index (κ1) is 15.6. The number of methoxy groups -OCH3 is 1. The van der Waals surface area contributed by atoms with Crippen LogP contribution in [0.4, 0.5) is 0 Å². The van der Waals surface area contributed by atoms with Crippen molar-refractivity contribution in [1.82, 2.24) is 5.32 Å². The number of hydrogen-bond donors (Lipinski definition) is 2. The third-order valence-electron chi connectivity index (χ3n) is 2.36. The fourth-order valence-corrected chi connectivity index (χ4v) is 1.84. The average Bonchev–Trinajstić information content (AvgIpc) is 2.36. The highest BCUT2D eigenvalue weighted by atomic mass is 35.5. The van der Waals surface area contributed by atoms with Crippen LogP contribution in [0.1, 0.15) is 12.5 Å². The van der Waals surface area contributed by atoms with Gasteiger partial charge in [-0.2, -0.15) is 0 Å². The van der Waals surface area contributed by atoms with Gasteiger partial charge in [0.2, 0.25) is 0 Å². The van der Waals surface area contributed by atoms with Gasteiger partial charge in [0.05, 0.1) is 18.2 Å². The largest absolute Gasteiger partial charge is 0.493 e. The summed E-state index contributed by atoms with van der Waals surface area (Å²) in [4.78, 5) is 0. The molecule has 1 rings (SSSR count). The normalized spacial score (nSPS) is 11.7. The minimum absolute atomic E-state index is 0.135. The molecule has 0 aliphatic rings. The van der Waals surface area contributed by atoms with E-state index in [1.54, 1.807) is 20.1 Å². The molecule has 1 aromatic carbocycles. The monoisotopic (exact) mass is 283 g/mol. The molecule has 0 fully saturated rings. The number of aliphatic hydroxyl groups is 1. The Balaban J connectivity index is 2.81. The van der Waals surface area contributed by atoms with Crippen molar-refractivity contribution in [2.24, 2.45) is 0 Å². The highest BCUT2D eigenvalue weighted by Gasteiger charge is 2.11. The summed E-state index contributed by atoms with van der Waals surface area (Å²) in [7, 11) is 1.54. The molecule has 0 heterocycles. The summed E-state index contributed by atoms with van der Waals surface area (Å²) in [5.74, 6) is 3.36. The summed E-state index contributed by atoms with van der Waals surface area (Å²) in [6, 6.07) is 3.61. The molecular weight excluding hydrogens is 266 g/mol. The Kier molecular flexibility index (Phi) is 6.51. The quantitative estimate of drug-likeness (QED) is 0.750. The molecule has 5 heteroatoms. The predicted molar refractivity (Wildman–Crippen MR) is 75.7 cm³/mol. The van der Waals surface area contributed by atoms with Crippen molar-refractivity contribution >= 4 is 11.6 Å². The summed E-state index contributed by atoms with van der Waals surface area (Å²) in [5, 5.41) is 12.7. The standard InChI is InChI=1S/C14H18ClNO3/c1-4-5-19-14-12(15)6-11(7-13(14)18-3)9-16-8-10(2)17/h1,6-7,10,16-17H,5,8-9H2,2-3H3/t10-/m1/s1. The van der Waals surface area contributed by atoms with Gasteiger partial charge < -0.3 is 19.9 Å². The maximum Gasteiger partial charge on any atom is 0.181 e. The molecule has 0 saturated carbocycles. The van der Waals surface area contributed by atoms with E-state index in [2.05, 4.69) is 11.2 Å². The summed E-state index contributed by atoms with van der Waals surface area (Å²) in [6.07, 6.45) is 4.76. The van der Waals surface area contributed by atoms with Crippen LogP contribution in [0.25, 0.3) is 0 Å². The van der Waals surface area contributed by atoms with Gasteiger partial charge in [-0.25, -0.2) is 0 Å². The van der Waals surface area contributed by atoms with E-state index in [0.29, 0.717) is 29.6 Å². The molecule has 0 aliphatic heterocycles. The van der Waals surface area contributed by atoms with Crippen LogP contribution in [0, 0.1) is 12.3 Å². The Morgan fingerprint density at radius 3 is 2.84 bits per heavy atom. The van der Waals surface area contributed by atoms with E-state index in [0.717, 1.165) is 5.56 Å². The Hall–Kier alpha value is -1.41. The summed E-state index contributed by atoms with van der Waals surface area (Å²) >= 11 is 6.14. The van der Waals surface area contributed by atoms with Crippen LogP contribution >= 0.6 is 11.6 Å². The molecule has 0 spiro atoms. The number of nitrogens with one attached hydrogen (secondary N) is 1. The predicted octanol–water partition coefficient (Wildman–Crippen LogP) is 1.83. The van der Waals surface area contributed by atoms with Crippen LogP contribution in [0.3, 0.4) is 0 Å². The Bertz CT molecular complexity index is 455. The molecule has 104 valence electrons. The van der Waals surface area contributed by atoms with Gasteiger partial charge in [0.25, 0.3) is 0 Å². The number of terminal acetylenes is 1. The number of rotatable bonds is 7. The minimum Gasteiger partial charge on any atom is -0.493 e. The third kappa shape index (κ3) is 4.99. The van der Waals surface area contributed by atoms with Crippen LogP contribution in [0.2, 0.25) is 5.02 Å². The summed E-state index contributed by atoms with van der Waals surface area (Å²) < 4.78 is 10.6. The Labute approximate surface area is 118 Å². The second kappa shape index (κ2) is 7.90. The molecule has 4 nitrogen and oxygen atoms in total. The van der Waals surface area contributed by atoms with Crippen molar-refractivity contribution in [1.29, 1.82) is 0 Å². The van der Waals surface area contributed by atoms with Gasteiger partial charge in [-0.15, -0.1) is 6.42 Å². The lowest BCUT2D eigenvalue weighted by molar-refractivity contribution is 0.191. The van der Waals surface area contributed by atoms with Crippen LogP contribution in [-0.2, 0) is 6.54 Å². The van der Waals surface area contributed by atoms with Crippen LogP contribution in [-0.4, -0.2) is 31.5 Å². The van der Waals surface area contributed by atoms with E-state index in [1.807, 2.05) is 6.07 Å². The smallest absolute Gasteiger partial charge is 0.181 e. The zero-order chi connectivity index (χ0) is 14.3. The fraction of sp³-hybridized carbons (Fsp3) is 0.429. The van der Waals surface area contributed by atoms with Crippen molar-refractivity contribution in [3.8, 4) is 23.8 Å². The highest BCUT2D eigenvalue weighted by Crippen LogP contribution is 2.36.